The summed E-state index contributed by atoms with van der Waals surface area (Å²) in [4.78, 5) is 0. The number of phenolic OH excluding ortho intramolecular Hbond substituents is 1. The molecule has 0 bridgehead atoms. The summed E-state index contributed by atoms with van der Waals surface area (Å²) >= 11 is 0. The number of aromatic hydroxyl groups is 1. The molecule has 2 aromatic carbocycles. The minimum Gasteiger partial charge on any atom is -0.508 e. The summed E-state index contributed by atoms with van der Waals surface area (Å²) in [7, 11) is 0. The first-order valence-corrected chi connectivity index (χ1v) is 5.61. The number of phenols is 1. The predicted octanol–water partition coefficient (Wildman–Crippen LogP) is 4.11. The number of benzene rings is 2. The third kappa shape index (κ3) is 2.41. The average Bonchev–Trinajstić information content (AvgIpc) is 2.28. The number of para-hydroxylation sites is 1. The second-order valence-corrected chi connectivity index (χ2v) is 4.27. The van der Waals surface area contributed by atoms with E-state index in [-0.39, 0.29) is 0 Å². The first-order valence-electron chi connectivity index (χ1n) is 5.61. The van der Waals surface area contributed by atoms with Gasteiger partial charge in [0.1, 0.15) is 17.2 Å². The monoisotopic (exact) mass is 228 g/mol. The fourth-order valence-electron chi connectivity index (χ4n) is 1.77. The van der Waals surface area contributed by atoms with Gasteiger partial charge in [-0.25, -0.2) is 0 Å². The standard InChI is InChI=1S/C15H16O2/c1-10-5-4-6-11(2)15(10)17-13-7-8-14(16)12(3)9-13/h4-9,16H,1-3H3. The van der Waals surface area contributed by atoms with Crippen molar-refractivity contribution in [3.05, 3.63) is 53.1 Å². The number of hydrogen-bond donors (Lipinski definition) is 1. The van der Waals surface area contributed by atoms with Crippen LogP contribution in [0.4, 0.5) is 0 Å². The van der Waals surface area contributed by atoms with Crippen LogP contribution in [0.5, 0.6) is 17.2 Å². The molecule has 2 heteroatoms. The van der Waals surface area contributed by atoms with Crippen LogP contribution < -0.4 is 4.74 Å². The molecule has 0 unspecified atom stereocenters. The van der Waals surface area contributed by atoms with Crippen LogP contribution in [0.1, 0.15) is 16.7 Å². The zero-order valence-corrected chi connectivity index (χ0v) is 10.3. The molecule has 0 heterocycles. The van der Waals surface area contributed by atoms with Gasteiger partial charge >= 0.3 is 0 Å². The van der Waals surface area contributed by atoms with Crippen LogP contribution in [0.3, 0.4) is 0 Å². The van der Waals surface area contributed by atoms with Crippen molar-refractivity contribution in [2.24, 2.45) is 0 Å². The zero-order chi connectivity index (χ0) is 12.4. The van der Waals surface area contributed by atoms with Gasteiger partial charge in [0, 0.05) is 0 Å². The SMILES string of the molecule is Cc1cc(Oc2c(C)cccc2C)ccc1O. The van der Waals surface area contributed by atoms with Gasteiger partial charge in [0.15, 0.2) is 0 Å². The zero-order valence-electron chi connectivity index (χ0n) is 10.3. The van der Waals surface area contributed by atoms with Crippen molar-refractivity contribution >= 4 is 0 Å². The Hall–Kier alpha value is -1.96. The molecule has 1 N–H and O–H groups in total. The third-order valence-corrected chi connectivity index (χ3v) is 2.80. The molecule has 0 aromatic heterocycles. The van der Waals surface area contributed by atoms with Gasteiger partial charge in [-0.15, -0.1) is 0 Å². The third-order valence-electron chi connectivity index (χ3n) is 2.80. The Balaban J connectivity index is 2.35. The second-order valence-electron chi connectivity index (χ2n) is 4.27. The molecule has 2 nitrogen and oxygen atoms in total. The summed E-state index contributed by atoms with van der Waals surface area (Å²) in [5, 5.41) is 9.46. The van der Waals surface area contributed by atoms with Gasteiger partial charge in [-0.3, -0.25) is 0 Å². The van der Waals surface area contributed by atoms with E-state index in [4.69, 9.17) is 4.74 Å². The molecule has 0 fully saturated rings. The summed E-state index contributed by atoms with van der Waals surface area (Å²) in [6, 6.07) is 11.3. The van der Waals surface area contributed by atoms with Gasteiger partial charge in [0.2, 0.25) is 0 Å². The second kappa shape index (κ2) is 4.50. The molecule has 0 spiro atoms. The van der Waals surface area contributed by atoms with E-state index in [1.165, 1.54) is 0 Å². The van der Waals surface area contributed by atoms with Crippen molar-refractivity contribution in [2.75, 3.05) is 0 Å². The predicted molar refractivity (Wildman–Crippen MR) is 68.8 cm³/mol. The highest BCUT2D eigenvalue weighted by Crippen LogP contribution is 2.30. The maximum absolute atomic E-state index is 9.46. The van der Waals surface area contributed by atoms with Gasteiger partial charge in [-0.2, -0.15) is 0 Å². The molecular weight excluding hydrogens is 212 g/mol. The Morgan fingerprint density at radius 1 is 0.882 bits per heavy atom. The van der Waals surface area contributed by atoms with Gasteiger partial charge in [-0.1, -0.05) is 18.2 Å². The van der Waals surface area contributed by atoms with E-state index >= 15 is 0 Å². The Morgan fingerprint density at radius 2 is 1.53 bits per heavy atom. The van der Waals surface area contributed by atoms with E-state index in [1.54, 1.807) is 12.1 Å². The van der Waals surface area contributed by atoms with E-state index in [0.717, 1.165) is 28.2 Å². The van der Waals surface area contributed by atoms with Crippen LogP contribution >= 0.6 is 0 Å². The van der Waals surface area contributed by atoms with Crippen molar-refractivity contribution in [1.29, 1.82) is 0 Å². The lowest BCUT2D eigenvalue weighted by Gasteiger charge is -2.12. The summed E-state index contributed by atoms with van der Waals surface area (Å²) in [6.45, 7) is 5.90. The Labute approximate surface area is 101 Å². The van der Waals surface area contributed by atoms with Crippen LogP contribution in [-0.4, -0.2) is 5.11 Å². The summed E-state index contributed by atoms with van der Waals surface area (Å²) in [5.74, 6) is 1.93. The molecule has 0 aliphatic heterocycles. The van der Waals surface area contributed by atoms with Gasteiger partial charge in [-0.05, 0) is 55.7 Å². The molecule has 0 saturated carbocycles. The normalized spacial score (nSPS) is 10.3. The number of aryl methyl sites for hydroxylation is 3. The molecule has 0 saturated heterocycles. The number of hydrogen-bond acceptors (Lipinski definition) is 2. The van der Waals surface area contributed by atoms with Crippen LogP contribution in [0.2, 0.25) is 0 Å². The molecule has 0 radical (unpaired) electrons. The highest BCUT2D eigenvalue weighted by molar-refractivity contribution is 5.45. The first-order chi connectivity index (χ1) is 8.08. The average molecular weight is 228 g/mol. The summed E-state index contributed by atoms with van der Waals surface area (Å²) in [5.41, 5.74) is 3.03. The molecule has 0 atom stereocenters. The highest BCUT2D eigenvalue weighted by Gasteiger charge is 2.05. The number of rotatable bonds is 2. The largest absolute Gasteiger partial charge is 0.508 e. The minimum atomic E-state index is 0.291. The fourth-order valence-corrected chi connectivity index (χ4v) is 1.77. The Kier molecular flexibility index (Phi) is 3.05. The smallest absolute Gasteiger partial charge is 0.133 e. The van der Waals surface area contributed by atoms with Gasteiger partial charge < -0.3 is 9.84 Å². The Morgan fingerprint density at radius 3 is 2.12 bits per heavy atom. The van der Waals surface area contributed by atoms with E-state index in [2.05, 4.69) is 0 Å². The maximum atomic E-state index is 9.46. The maximum Gasteiger partial charge on any atom is 0.133 e. The first kappa shape index (κ1) is 11.5. The molecule has 2 aromatic rings. The van der Waals surface area contributed by atoms with E-state index in [1.807, 2.05) is 45.0 Å². The van der Waals surface area contributed by atoms with E-state index in [0.29, 0.717) is 5.75 Å². The molecule has 17 heavy (non-hydrogen) atoms. The molecule has 0 aliphatic carbocycles. The van der Waals surface area contributed by atoms with Crippen LogP contribution in [0, 0.1) is 20.8 Å². The fraction of sp³-hybridized carbons (Fsp3) is 0.200. The highest BCUT2D eigenvalue weighted by atomic mass is 16.5. The summed E-state index contributed by atoms with van der Waals surface area (Å²) in [6.07, 6.45) is 0. The van der Waals surface area contributed by atoms with Crippen LogP contribution in [0.25, 0.3) is 0 Å². The van der Waals surface area contributed by atoms with Crippen LogP contribution in [-0.2, 0) is 0 Å². The lowest BCUT2D eigenvalue weighted by atomic mass is 10.1. The van der Waals surface area contributed by atoms with Crippen molar-refractivity contribution in [3.8, 4) is 17.2 Å². The molecule has 88 valence electrons. The quantitative estimate of drug-likeness (QED) is 0.838. The molecule has 0 aliphatic rings. The number of ether oxygens (including phenoxy) is 1. The topological polar surface area (TPSA) is 29.5 Å². The summed E-state index contributed by atoms with van der Waals surface area (Å²) < 4.78 is 5.86. The minimum absolute atomic E-state index is 0.291. The molecule has 2 rings (SSSR count). The van der Waals surface area contributed by atoms with Crippen molar-refractivity contribution in [1.82, 2.24) is 0 Å². The lowest BCUT2D eigenvalue weighted by Crippen LogP contribution is -1.91. The van der Waals surface area contributed by atoms with Crippen LogP contribution in [0.15, 0.2) is 36.4 Å². The van der Waals surface area contributed by atoms with E-state index in [9.17, 15) is 5.11 Å². The lowest BCUT2D eigenvalue weighted by molar-refractivity contribution is 0.458. The van der Waals surface area contributed by atoms with E-state index < -0.39 is 0 Å². The van der Waals surface area contributed by atoms with Crippen molar-refractivity contribution in [2.45, 2.75) is 20.8 Å². The van der Waals surface area contributed by atoms with Gasteiger partial charge in [0.05, 0.1) is 0 Å². The van der Waals surface area contributed by atoms with Crippen molar-refractivity contribution < 1.29 is 9.84 Å². The molecular formula is C15H16O2. The van der Waals surface area contributed by atoms with Crippen molar-refractivity contribution in [3.63, 3.8) is 0 Å². The molecule has 0 amide bonds. The van der Waals surface area contributed by atoms with Gasteiger partial charge in [0.25, 0.3) is 0 Å². The Bertz CT molecular complexity index is 524.